The molecule has 0 radical (unpaired) electrons. The highest BCUT2D eigenvalue weighted by Crippen LogP contribution is 2.25. The summed E-state index contributed by atoms with van der Waals surface area (Å²) >= 11 is 0. The molecule has 1 atom stereocenters. The number of pyridine rings is 1. The fourth-order valence-corrected chi connectivity index (χ4v) is 2.94. The van der Waals surface area contributed by atoms with Gasteiger partial charge in [0.1, 0.15) is 0 Å². The minimum absolute atomic E-state index is 0.383. The standard InChI is InChI=1S/C18H22N2/c1-13-11-19-9-8-18(13)12-20-14(2)16-7-6-15-4-3-5-17(15)10-16/h6-11,14,20H,3-5,12H2,1-2H3. The first-order chi connectivity index (χ1) is 9.74. The van der Waals surface area contributed by atoms with E-state index < -0.39 is 0 Å². The summed E-state index contributed by atoms with van der Waals surface area (Å²) in [5.74, 6) is 0. The molecule has 1 aliphatic rings. The van der Waals surface area contributed by atoms with Crippen LogP contribution in [0.1, 0.15) is 47.2 Å². The second-order valence-electron chi connectivity index (χ2n) is 5.79. The summed E-state index contributed by atoms with van der Waals surface area (Å²) in [4.78, 5) is 4.14. The highest BCUT2D eigenvalue weighted by atomic mass is 14.9. The maximum Gasteiger partial charge on any atom is 0.0300 e. The van der Waals surface area contributed by atoms with Gasteiger partial charge in [0.2, 0.25) is 0 Å². The Kier molecular flexibility index (Phi) is 3.83. The van der Waals surface area contributed by atoms with Gasteiger partial charge in [0, 0.05) is 25.0 Å². The number of hydrogen-bond acceptors (Lipinski definition) is 2. The lowest BCUT2D eigenvalue weighted by Crippen LogP contribution is -2.18. The van der Waals surface area contributed by atoms with Crippen molar-refractivity contribution in [1.82, 2.24) is 10.3 Å². The Bertz CT molecular complexity index is 604. The summed E-state index contributed by atoms with van der Waals surface area (Å²) in [5, 5.41) is 3.62. The van der Waals surface area contributed by atoms with Crippen LogP contribution in [0.2, 0.25) is 0 Å². The van der Waals surface area contributed by atoms with Crippen molar-refractivity contribution in [2.45, 2.75) is 45.7 Å². The van der Waals surface area contributed by atoms with Gasteiger partial charge in [-0.05, 0) is 67.0 Å². The van der Waals surface area contributed by atoms with Crippen molar-refractivity contribution in [2.24, 2.45) is 0 Å². The van der Waals surface area contributed by atoms with E-state index in [1.807, 2.05) is 12.4 Å². The molecule has 2 heteroatoms. The van der Waals surface area contributed by atoms with Crippen molar-refractivity contribution < 1.29 is 0 Å². The monoisotopic (exact) mass is 266 g/mol. The topological polar surface area (TPSA) is 24.9 Å². The summed E-state index contributed by atoms with van der Waals surface area (Å²) in [6.45, 7) is 5.25. The summed E-state index contributed by atoms with van der Waals surface area (Å²) < 4.78 is 0. The smallest absolute Gasteiger partial charge is 0.0300 e. The third-order valence-corrected chi connectivity index (χ3v) is 4.36. The largest absolute Gasteiger partial charge is 0.306 e. The maximum absolute atomic E-state index is 4.14. The van der Waals surface area contributed by atoms with Gasteiger partial charge in [-0.1, -0.05) is 18.2 Å². The molecule has 0 spiro atoms. The molecule has 0 saturated carbocycles. The number of benzene rings is 1. The summed E-state index contributed by atoms with van der Waals surface area (Å²) in [5.41, 5.74) is 7.08. The van der Waals surface area contributed by atoms with Crippen molar-refractivity contribution in [2.75, 3.05) is 0 Å². The van der Waals surface area contributed by atoms with Crippen molar-refractivity contribution >= 4 is 0 Å². The first kappa shape index (κ1) is 13.3. The first-order valence-electron chi connectivity index (χ1n) is 7.48. The lowest BCUT2D eigenvalue weighted by Gasteiger charge is -2.16. The van der Waals surface area contributed by atoms with Gasteiger partial charge in [0.05, 0.1) is 0 Å². The molecule has 104 valence electrons. The molecule has 1 aromatic heterocycles. The third kappa shape index (κ3) is 2.75. The molecule has 20 heavy (non-hydrogen) atoms. The van der Waals surface area contributed by atoms with Crippen LogP contribution in [-0.2, 0) is 19.4 Å². The molecule has 2 aromatic rings. The van der Waals surface area contributed by atoms with Crippen molar-refractivity contribution in [1.29, 1.82) is 0 Å². The summed E-state index contributed by atoms with van der Waals surface area (Å²) in [6.07, 6.45) is 7.62. The van der Waals surface area contributed by atoms with Gasteiger partial charge in [-0.25, -0.2) is 0 Å². The maximum atomic E-state index is 4.14. The predicted molar refractivity (Wildman–Crippen MR) is 82.7 cm³/mol. The molecule has 2 nitrogen and oxygen atoms in total. The molecule has 1 aliphatic carbocycles. The molecular weight excluding hydrogens is 244 g/mol. The van der Waals surface area contributed by atoms with Crippen LogP contribution in [0, 0.1) is 6.92 Å². The molecular formula is C18H22N2. The van der Waals surface area contributed by atoms with E-state index in [0.29, 0.717) is 6.04 Å². The molecule has 0 fully saturated rings. The highest BCUT2D eigenvalue weighted by molar-refractivity contribution is 5.36. The zero-order valence-electron chi connectivity index (χ0n) is 12.3. The SMILES string of the molecule is Cc1cnccc1CNC(C)c1ccc2c(c1)CCC2. The van der Waals surface area contributed by atoms with E-state index in [2.05, 4.69) is 48.4 Å². The van der Waals surface area contributed by atoms with Gasteiger partial charge < -0.3 is 5.32 Å². The Labute approximate surface area is 121 Å². The van der Waals surface area contributed by atoms with Gasteiger partial charge in [-0.15, -0.1) is 0 Å². The number of fused-ring (bicyclic) bond motifs is 1. The van der Waals surface area contributed by atoms with Crippen LogP contribution in [0.3, 0.4) is 0 Å². The summed E-state index contributed by atoms with van der Waals surface area (Å²) in [7, 11) is 0. The molecule has 3 rings (SSSR count). The van der Waals surface area contributed by atoms with Crippen molar-refractivity contribution in [3.8, 4) is 0 Å². The van der Waals surface area contributed by atoms with E-state index in [0.717, 1.165) is 6.54 Å². The molecule has 1 N–H and O–H groups in total. The fraction of sp³-hybridized carbons (Fsp3) is 0.389. The van der Waals surface area contributed by atoms with Gasteiger partial charge >= 0.3 is 0 Å². The number of rotatable bonds is 4. The second kappa shape index (κ2) is 5.76. The Balaban J connectivity index is 1.67. The van der Waals surface area contributed by atoms with Gasteiger partial charge in [0.25, 0.3) is 0 Å². The van der Waals surface area contributed by atoms with Gasteiger partial charge in [-0.3, -0.25) is 4.98 Å². The Morgan fingerprint density at radius 2 is 2.05 bits per heavy atom. The molecule has 1 aromatic carbocycles. The minimum Gasteiger partial charge on any atom is -0.306 e. The van der Waals surface area contributed by atoms with Crippen LogP contribution in [0.25, 0.3) is 0 Å². The van der Waals surface area contributed by atoms with Crippen LogP contribution < -0.4 is 5.32 Å². The zero-order chi connectivity index (χ0) is 13.9. The lowest BCUT2D eigenvalue weighted by molar-refractivity contribution is 0.572. The molecule has 0 aliphatic heterocycles. The van der Waals surface area contributed by atoms with Crippen molar-refractivity contribution in [3.63, 3.8) is 0 Å². The fourth-order valence-electron chi connectivity index (χ4n) is 2.94. The second-order valence-corrected chi connectivity index (χ2v) is 5.79. The van der Waals surface area contributed by atoms with E-state index in [9.17, 15) is 0 Å². The van der Waals surface area contributed by atoms with E-state index in [4.69, 9.17) is 0 Å². The van der Waals surface area contributed by atoms with E-state index in [1.54, 1.807) is 11.1 Å². The highest BCUT2D eigenvalue weighted by Gasteiger charge is 2.13. The molecule has 1 unspecified atom stereocenters. The number of aromatic nitrogens is 1. The first-order valence-corrected chi connectivity index (χ1v) is 7.48. The number of hydrogen-bond donors (Lipinski definition) is 1. The minimum atomic E-state index is 0.383. The number of nitrogens with one attached hydrogen (secondary N) is 1. The van der Waals surface area contributed by atoms with Crippen LogP contribution in [-0.4, -0.2) is 4.98 Å². The predicted octanol–water partition coefficient (Wildman–Crippen LogP) is 3.73. The molecule has 1 heterocycles. The number of nitrogens with zero attached hydrogens (tertiary/aromatic N) is 1. The van der Waals surface area contributed by atoms with Gasteiger partial charge in [0.15, 0.2) is 0 Å². The van der Waals surface area contributed by atoms with Crippen LogP contribution in [0.4, 0.5) is 0 Å². The zero-order valence-corrected chi connectivity index (χ0v) is 12.3. The van der Waals surface area contributed by atoms with Crippen molar-refractivity contribution in [3.05, 3.63) is 64.5 Å². The quantitative estimate of drug-likeness (QED) is 0.912. The van der Waals surface area contributed by atoms with Crippen LogP contribution >= 0.6 is 0 Å². The Hall–Kier alpha value is -1.67. The third-order valence-electron chi connectivity index (χ3n) is 4.36. The van der Waals surface area contributed by atoms with Crippen LogP contribution in [0.15, 0.2) is 36.7 Å². The Morgan fingerprint density at radius 1 is 1.20 bits per heavy atom. The number of aryl methyl sites for hydroxylation is 3. The van der Waals surface area contributed by atoms with Crippen LogP contribution in [0.5, 0.6) is 0 Å². The average molecular weight is 266 g/mol. The normalized spacial score (nSPS) is 15.1. The van der Waals surface area contributed by atoms with Gasteiger partial charge in [-0.2, -0.15) is 0 Å². The van der Waals surface area contributed by atoms with E-state index in [-0.39, 0.29) is 0 Å². The van der Waals surface area contributed by atoms with E-state index >= 15 is 0 Å². The molecule has 0 amide bonds. The molecule has 0 saturated heterocycles. The molecule has 0 bridgehead atoms. The Morgan fingerprint density at radius 3 is 2.90 bits per heavy atom. The summed E-state index contributed by atoms with van der Waals surface area (Å²) in [6, 6.07) is 9.46. The van der Waals surface area contributed by atoms with E-state index in [1.165, 1.54) is 36.0 Å². The lowest BCUT2D eigenvalue weighted by atomic mass is 10.0. The average Bonchev–Trinajstić information content (AvgIpc) is 2.93.